The molecule has 3 saturated heterocycles. The number of nitrogens with zero attached hydrogens (tertiary/aromatic N) is 1. The van der Waals surface area contributed by atoms with Gasteiger partial charge in [0.05, 0.1) is 36.0 Å². The van der Waals surface area contributed by atoms with Crippen molar-refractivity contribution in [1.29, 1.82) is 0 Å². The molecule has 0 radical (unpaired) electrons. The highest BCUT2D eigenvalue weighted by Gasteiger charge is 2.52. The molecule has 3 aliphatic rings. The number of hydrogen-bond acceptors (Lipinski definition) is 4. The average Bonchev–Trinajstić information content (AvgIpc) is 3.04. The van der Waals surface area contributed by atoms with E-state index in [1.807, 2.05) is 52.0 Å². The molecule has 0 aromatic heterocycles. The molecule has 26 heavy (non-hydrogen) atoms. The van der Waals surface area contributed by atoms with Crippen LogP contribution in [0.25, 0.3) is 0 Å². The zero-order chi connectivity index (χ0) is 18.7. The van der Waals surface area contributed by atoms with E-state index < -0.39 is 13.2 Å². The van der Waals surface area contributed by atoms with Crippen LogP contribution in [0.2, 0.25) is 0 Å². The summed E-state index contributed by atoms with van der Waals surface area (Å²) in [5.41, 5.74) is 1.13. The summed E-state index contributed by atoms with van der Waals surface area (Å²) < 4.78 is 18.2. The van der Waals surface area contributed by atoms with Gasteiger partial charge in [0.15, 0.2) is 0 Å². The van der Waals surface area contributed by atoms with E-state index in [4.69, 9.17) is 14.0 Å². The Labute approximate surface area is 154 Å². The van der Waals surface area contributed by atoms with Crippen LogP contribution in [0.4, 0.5) is 4.79 Å². The second-order valence-corrected chi connectivity index (χ2v) is 8.51. The first kappa shape index (κ1) is 17.8. The van der Waals surface area contributed by atoms with E-state index in [0.717, 1.165) is 23.9 Å². The zero-order valence-electron chi connectivity index (χ0n) is 15.8. The van der Waals surface area contributed by atoms with Crippen molar-refractivity contribution in [1.82, 2.24) is 4.90 Å². The average molecular weight is 359 g/mol. The van der Waals surface area contributed by atoms with Crippen molar-refractivity contribution >= 4 is 18.7 Å². The fourth-order valence-electron chi connectivity index (χ4n) is 4.05. The zero-order valence-corrected chi connectivity index (χ0v) is 15.8. The molecule has 0 saturated carbocycles. The monoisotopic (exact) mass is 359 g/mol. The number of carbonyl (C=O) groups is 1. The summed E-state index contributed by atoms with van der Waals surface area (Å²) in [6.45, 7) is 8.56. The highest BCUT2D eigenvalue weighted by Crippen LogP contribution is 2.40. The molecular formula is C19H26BNO5. The van der Waals surface area contributed by atoms with E-state index in [-0.39, 0.29) is 29.5 Å². The highest BCUT2D eigenvalue weighted by atomic mass is 16.7. The summed E-state index contributed by atoms with van der Waals surface area (Å²) >= 11 is 0. The second kappa shape index (κ2) is 5.97. The van der Waals surface area contributed by atoms with E-state index in [0.29, 0.717) is 6.54 Å². The Kier molecular flexibility index (Phi) is 4.10. The molecule has 1 N–H and O–H groups in total. The topological polar surface area (TPSA) is 68.2 Å². The minimum Gasteiger partial charge on any atom is -0.465 e. The number of fused-ring (bicyclic) bond motifs is 2. The molecule has 140 valence electrons. The van der Waals surface area contributed by atoms with E-state index in [9.17, 15) is 9.90 Å². The van der Waals surface area contributed by atoms with Crippen LogP contribution in [0, 0.1) is 0 Å². The van der Waals surface area contributed by atoms with Crippen LogP contribution >= 0.6 is 0 Å². The Balaban J connectivity index is 1.57. The molecule has 2 bridgehead atoms. The number of hydrogen-bond donors (Lipinski definition) is 1. The van der Waals surface area contributed by atoms with Crippen LogP contribution in [-0.2, 0) is 14.0 Å². The van der Waals surface area contributed by atoms with Gasteiger partial charge in [-0.15, -0.1) is 0 Å². The summed E-state index contributed by atoms with van der Waals surface area (Å²) in [6, 6.07) is 7.64. The van der Waals surface area contributed by atoms with Crippen molar-refractivity contribution in [3.63, 3.8) is 0 Å². The molecular weight excluding hydrogens is 333 g/mol. The Morgan fingerprint density at radius 3 is 2.31 bits per heavy atom. The van der Waals surface area contributed by atoms with Gasteiger partial charge in [0.2, 0.25) is 0 Å². The summed E-state index contributed by atoms with van der Waals surface area (Å²) in [6.07, 6.45) is 0.920. The van der Waals surface area contributed by atoms with E-state index in [2.05, 4.69) is 0 Å². The van der Waals surface area contributed by atoms with Gasteiger partial charge in [0.1, 0.15) is 0 Å². The highest BCUT2D eigenvalue weighted by molar-refractivity contribution is 6.62. The Morgan fingerprint density at radius 2 is 1.73 bits per heavy atom. The van der Waals surface area contributed by atoms with Gasteiger partial charge in [0, 0.05) is 0 Å². The van der Waals surface area contributed by atoms with E-state index in [1.54, 1.807) is 0 Å². The van der Waals surface area contributed by atoms with Crippen LogP contribution < -0.4 is 5.46 Å². The number of carboxylic acid groups (broad SMARTS) is 1. The van der Waals surface area contributed by atoms with Crippen LogP contribution in [0.15, 0.2) is 24.3 Å². The van der Waals surface area contributed by atoms with Gasteiger partial charge in [0.25, 0.3) is 0 Å². The fraction of sp³-hybridized carbons (Fsp3) is 0.632. The van der Waals surface area contributed by atoms with Crippen molar-refractivity contribution in [2.45, 2.75) is 70.0 Å². The number of amides is 1. The molecule has 0 aliphatic carbocycles. The lowest BCUT2D eigenvalue weighted by atomic mass is 9.78. The maximum Gasteiger partial charge on any atom is 0.494 e. The molecule has 3 heterocycles. The molecule has 3 atom stereocenters. The van der Waals surface area contributed by atoms with Crippen molar-refractivity contribution < 1.29 is 23.9 Å². The van der Waals surface area contributed by atoms with Gasteiger partial charge < -0.3 is 19.2 Å². The minimum absolute atomic E-state index is 0.0383. The van der Waals surface area contributed by atoms with Gasteiger partial charge in [-0.3, -0.25) is 4.90 Å². The molecule has 1 amide bonds. The number of benzene rings is 1. The normalized spacial score (nSPS) is 32.1. The summed E-state index contributed by atoms with van der Waals surface area (Å²) in [5.74, 6) is 0. The van der Waals surface area contributed by atoms with Gasteiger partial charge in [-0.05, 0) is 51.6 Å². The van der Waals surface area contributed by atoms with Gasteiger partial charge in [-0.1, -0.05) is 24.3 Å². The Morgan fingerprint density at radius 1 is 1.12 bits per heavy atom. The van der Waals surface area contributed by atoms with Crippen LogP contribution in [-0.4, -0.2) is 53.2 Å². The molecule has 4 rings (SSSR count). The molecule has 6 nitrogen and oxygen atoms in total. The molecule has 0 spiro atoms. The maximum absolute atomic E-state index is 11.7. The maximum atomic E-state index is 11.7. The van der Waals surface area contributed by atoms with Crippen molar-refractivity contribution in [2.24, 2.45) is 0 Å². The molecule has 3 fully saturated rings. The molecule has 3 aliphatic heterocycles. The SMILES string of the molecule is CC1(C)OB(c2ccc([C@@H]3[C@@H]4CC[C@H](CN3C(=O)O)O4)cc2)OC1(C)C. The van der Waals surface area contributed by atoms with Crippen molar-refractivity contribution in [3.05, 3.63) is 29.8 Å². The van der Waals surface area contributed by atoms with Crippen LogP contribution in [0.1, 0.15) is 52.1 Å². The predicted octanol–water partition coefficient (Wildman–Crippen LogP) is 2.57. The third-order valence-corrected chi connectivity index (χ3v) is 6.28. The van der Waals surface area contributed by atoms with Gasteiger partial charge in [-0.2, -0.15) is 0 Å². The molecule has 0 unspecified atom stereocenters. The first-order valence-electron chi connectivity index (χ1n) is 9.28. The van der Waals surface area contributed by atoms with Crippen LogP contribution in [0.3, 0.4) is 0 Å². The largest absolute Gasteiger partial charge is 0.494 e. The Bertz CT molecular complexity index is 688. The van der Waals surface area contributed by atoms with Crippen molar-refractivity contribution in [2.75, 3.05) is 6.54 Å². The van der Waals surface area contributed by atoms with E-state index in [1.165, 1.54) is 4.90 Å². The predicted molar refractivity (Wildman–Crippen MR) is 97.5 cm³/mol. The summed E-state index contributed by atoms with van der Waals surface area (Å²) in [4.78, 5) is 13.2. The number of morpholine rings is 1. The fourth-order valence-corrected chi connectivity index (χ4v) is 4.05. The van der Waals surface area contributed by atoms with E-state index >= 15 is 0 Å². The molecule has 1 aromatic carbocycles. The molecule has 1 aromatic rings. The standard InChI is InChI=1S/C19H26BNO5/c1-18(2)19(3,4)26-20(25-18)13-7-5-12(6-8-13)16-15-10-9-14(24-15)11-21(16)17(22)23/h5-8,14-16H,9-11H2,1-4H3,(H,22,23)/t14-,15+,16-/m1/s1. The first-order valence-corrected chi connectivity index (χ1v) is 9.28. The summed E-state index contributed by atoms with van der Waals surface area (Å²) in [5, 5.41) is 9.61. The van der Waals surface area contributed by atoms with Crippen LogP contribution in [0.5, 0.6) is 0 Å². The molecule has 7 heteroatoms. The quantitative estimate of drug-likeness (QED) is 0.822. The third-order valence-electron chi connectivity index (χ3n) is 6.28. The lowest BCUT2D eigenvalue weighted by molar-refractivity contribution is -0.0685. The third kappa shape index (κ3) is 2.82. The number of ether oxygens (including phenoxy) is 1. The van der Waals surface area contributed by atoms with Gasteiger partial charge in [-0.25, -0.2) is 4.79 Å². The van der Waals surface area contributed by atoms with Gasteiger partial charge >= 0.3 is 13.2 Å². The lowest BCUT2D eigenvalue weighted by Crippen LogP contribution is -2.47. The first-order chi connectivity index (χ1) is 12.2. The summed E-state index contributed by atoms with van der Waals surface area (Å²) in [7, 11) is -0.414. The minimum atomic E-state index is -0.884. The number of rotatable bonds is 2. The lowest BCUT2D eigenvalue weighted by Gasteiger charge is -2.38. The Hall–Kier alpha value is -1.57. The van der Waals surface area contributed by atoms with Crippen molar-refractivity contribution in [3.8, 4) is 0 Å². The number of likely N-dealkylation sites (tertiary alicyclic amines) is 1. The second-order valence-electron chi connectivity index (χ2n) is 8.51. The smallest absolute Gasteiger partial charge is 0.465 e.